The van der Waals surface area contributed by atoms with E-state index in [1.54, 1.807) is 30.7 Å². The summed E-state index contributed by atoms with van der Waals surface area (Å²) in [7, 11) is -1.61. The number of aromatic nitrogens is 2. The molecule has 0 aliphatic rings. The molecule has 6 nitrogen and oxygen atoms in total. The lowest BCUT2D eigenvalue weighted by Gasteiger charge is -2.13. The maximum absolute atomic E-state index is 11.7. The highest BCUT2D eigenvalue weighted by molar-refractivity contribution is 7.91. The third-order valence-electron chi connectivity index (χ3n) is 3.13. The predicted molar refractivity (Wildman–Crippen MR) is 72.4 cm³/mol. The quantitative estimate of drug-likeness (QED) is 0.847. The molecule has 0 amide bonds. The van der Waals surface area contributed by atoms with Crippen LogP contribution >= 0.6 is 0 Å². The number of aryl methyl sites for hydroxylation is 1. The molecule has 0 saturated carbocycles. The first-order chi connectivity index (χ1) is 8.73. The normalized spacial score (nSPS) is 15.6. The number of benzene rings is 1. The highest BCUT2D eigenvalue weighted by Gasteiger charge is 2.22. The topological polar surface area (TPSA) is 98.2 Å². The fraction of sp³-hybridized carbons (Fsp3) is 0.417. The molecule has 104 valence electrons. The van der Waals surface area contributed by atoms with Crippen molar-refractivity contribution in [3.05, 3.63) is 24.0 Å². The molecule has 1 aromatic carbocycles. The summed E-state index contributed by atoms with van der Waals surface area (Å²) in [4.78, 5) is 4.47. The van der Waals surface area contributed by atoms with Crippen molar-refractivity contribution in [3.63, 3.8) is 0 Å². The van der Waals surface area contributed by atoms with Crippen LogP contribution in [0.2, 0.25) is 0 Å². The van der Waals surface area contributed by atoms with E-state index in [1.165, 1.54) is 6.07 Å². The molecular formula is C12H17N3O3S. The number of hydrogen-bond donors (Lipinski definition) is 2. The van der Waals surface area contributed by atoms with Gasteiger partial charge in [0.15, 0.2) is 9.84 Å². The second kappa shape index (κ2) is 4.59. The Morgan fingerprint density at radius 3 is 2.58 bits per heavy atom. The molecule has 0 bridgehead atoms. The van der Waals surface area contributed by atoms with Gasteiger partial charge in [0.1, 0.15) is 11.3 Å². The Morgan fingerprint density at radius 1 is 1.42 bits per heavy atom. The third kappa shape index (κ3) is 2.36. The Kier molecular flexibility index (Phi) is 3.38. The summed E-state index contributed by atoms with van der Waals surface area (Å²) in [5.74, 6) is 0.459. The number of aliphatic hydroxyl groups is 1. The van der Waals surface area contributed by atoms with E-state index in [4.69, 9.17) is 5.73 Å². The lowest BCUT2D eigenvalue weighted by atomic mass is 10.2. The van der Waals surface area contributed by atoms with Crippen molar-refractivity contribution in [1.82, 2.24) is 9.55 Å². The van der Waals surface area contributed by atoms with E-state index in [2.05, 4.69) is 4.98 Å². The largest absolute Gasteiger partial charge is 0.391 e. The van der Waals surface area contributed by atoms with Crippen LogP contribution < -0.4 is 5.73 Å². The van der Waals surface area contributed by atoms with E-state index >= 15 is 0 Å². The molecule has 0 aliphatic carbocycles. The number of nitrogens with zero attached hydrogens (tertiary/aromatic N) is 2. The number of rotatable bonds is 3. The van der Waals surface area contributed by atoms with E-state index in [0.29, 0.717) is 16.9 Å². The van der Waals surface area contributed by atoms with Crippen LogP contribution in [0.1, 0.15) is 18.8 Å². The number of hydrogen-bond acceptors (Lipinski definition) is 5. The first-order valence-electron chi connectivity index (χ1n) is 5.82. The number of fused-ring (bicyclic) bond motifs is 1. The first kappa shape index (κ1) is 14.0. The Labute approximate surface area is 111 Å². The van der Waals surface area contributed by atoms with Crippen LogP contribution in [0.3, 0.4) is 0 Å². The first-order valence-corrected chi connectivity index (χ1v) is 7.71. The van der Waals surface area contributed by atoms with Crippen molar-refractivity contribution in [2.45, 2.75) is 24.0 Å². The van der Waals surface area contributed by atoms with Gasteiger partial charge >= 0.3 is 0 Å². The van der Waals surface area contributed by atoms with E-state index in [1.807, 2.05) is 0 Å². The van der Waals surface area contributed by atoms with E-state index in [0.717, 1.165) is 6.26 Å². The number of para-hydroxylation sites is 1. The molecule has 0 fully saturated rings. The van der Waals surface area contributed by atoms with Gasteiger partial charge in [0.25, 0.3) is 0 Å². The summed E-state index contributed by atoms with van der Waals surface area (Å²) in [6, 6.07) is 4.29. The monoisotopic (exact) mass is 283 g/mol. The second-order valence-corrected chi connectivity index (χ2v) is 6.68. The van der Waals surface area contributed by atoms with Gasteiger partial charge in [0.05, 0.1) is 22.6 Å². The Morgan fingerprint density at radius 2 is 2.05 bits per heavy atom. The minimum Gasteiger partial charge on any atom is -0.391 e. The van der Waals surface area contributed by atoms with Gasteiger partial charge in [-0.15, -0.1) is 0 Å². The van der Waals surface area contributed by atoms with Crippen molar-refractivity contribution in [2.75, 3.05) is 6.26 Å². The van der Waals surface area contributed by atoms with Gasteiger partial charge < -0.3 is 15.4 Å². The fourth-order valence-electron chi connectivity index (χ4n) is 2.02. The number of imidazole rings is 1. The maximum Gasteiger partial charge on any atom is 0.177 e. The maximum atomic E-state index is 11.7. The van der Waals surface area contributed by atoms with E-state index in [9.17, 15) is 13.5 Å². The van der Waals surface area contributed by atoms with Gasteiger partial charge in [-0.1, -0.05) is 6.07 Å². The Balaban J connectivity index is 2.77. The summed E-state index contributed by atoms with van der Waals surface area (Å²) < 4.78 is 25.2. The van der Waals surface area contributed by atoms with Gasteiger partial charge in [-0.2, -0.15) is 0 Å². The van der Waals surface area contributed by atoms with Crippen LogP contribution in [-0.2, 0) is 16.9 Å². The standard InChI is InChI=1S/C12H17N3O3S/c1-7(16)10(13)12-14-11-8(15(12)2)5-4-6-9(11)19(3,17)18/h4-7,10,16H,13H2,1-3H3. The molecule has 7 heteroatoms. The Hall–Kier alpha value is -1.44. The van der Waals surface area contributed by atoms with Crippen LogP contribution in [0.25, 0.3) is 11.0 Å². The highest BCUT2D eigenvalue weighted by Crippen LogP contribution is 2.25. The van der Waals surface area contributed by atoms with Crippen LogP contribution in [0.4, 0.5) is 0 Å². The van der Waals surface area contributed by atoms with Gasteiger partial charge in [-0.3, -0.25) is 0 Å². The molecule has 2 unspecified atom stereocenters. The molecule has 19 heavy (non-hydrogen) atoms. The van der Waals surface area contributed by atoms with Crippen molar-refractivity contribution in [3.8, 4) is 0 Å². The fourth-order valence-corrected chi connectivity index (χ4v) is 2.85. The smallest absolute Gasteiger partial charge is 0.177 e. The van der Waals surface area contributed by atoms with Crippen LogP contribution in [-0.4, -0.2) is 35.4 Å². The van der Waals surface area contributed by atoms with Crippen molar-refractivity contribution >= 4 is 20.9 Å². The highest BCUT2D eigenvalue weighted by atomic mass is 32.2. The molecule has 1 heterocycles. The zero-order chi connectivity index (χ0) is 14.4. The molecule has 0 aliphatic heterocycles. The molecule has 0 radical (unpaired) electrons. The van der Waals surface area contributed by atoms with E-state index < -0.39 is 22.0 Å². The molecule has 2 rings (SSSR count). The summed E-state index contributed by atoms with van der Waals surface area (Å²) in [6.45, 7) is 1.57. The van der Waals surface area contributed by atoms with Gasteiger partial charge in [0, 0.05) is 13.3 Å². The molecule has 1 aromatic heterocycles. The zero-order valence-electron chi connectivity index (χ0n) is 11.0. The Bertz CT molecular complexity index is 719. The van der Waals surface area contributed by atoms with Gasteiger partial charge in [-0.25, -0.2) is 13.4 Å². The average molecular weight is 283 g/mol. The molecule has 0 saturated heterocycles. The van der Waals surface area contributed by atoms with Gasteiger partial charge in [0.2, 0.25) is 0 Å². The number of sulfone groups is 1. The summed E-state index contributed by atoms with van der Waals surface area (Å²) in [5.41, 5.74) is 6.94. The lowest BCUT2D eigenvalue weighted by molar-refractivity contribution is 0.159. The summed E-state index contributed by atoms with van der Waals surface area (Å²) in [6.07, 6.45) is 0.377. The van der Waals surface area contributed by atoms with Crippen LogP contribution in [0, 0.1) is 0 Å². The number of aliphatic hydroxyl groups excluding tert-OH is 1. The van der Waals surface area contributed by atoms with Crippen molar-refractivity contribution in [2.24, 2.45) is 12.8 Å². The minimum absolute atomic E-state index is 0.171. The summed E-state index contributed by atoms with van der Waals surface area (Å²) in [5, 5.41) is 9.56. The van der Waals surface area contributed by atoms with E-state index in [-0.39, 0.29) is 4.90 Å². The lowest BCUT2D eigenvalue weighted by Crippen LogP contribution is -2.26. The third-order valence-corrected chi connectivity index (χ3v) is 4.25. The van der Waals surface area contributed by atoms with Crippen molar-refractivity contribution in [1.29, 1.82) is 0 Å². The SMILES string of the molecule is CC(O)C(N)c1nc2c(S(C)(=O)=O)cccc2n1C. The average Bonchev–Trinajstić information content (AvgIpc) is 2.64. The van der Waals surface area contributed by atoms with Crippen LogP contribution in [0.5, 0.6) is 0 Å². The van der Waals surface area contributed by atoms with Crippen molar-refractivity contribution < 1.29 is 13.5 Å². The summed E-state index contributed by atoms with van der Waals surface area (Å²) >= 11 is 0. The molecular weight excluding hydrogens is 266 g/mol. The minimum atomic E-state index is -3.36. The zero-order valence-corrected chi connectivity index (χ0v) is 11.8. The van der Waals surface area contributed by atoms with Gasteiger partial charge in [-0.05, 0) is 19.1 Å². The number of nitrogens with two attached hydrogens (primary N) is 1. The van der Waals surface area contributed by atoms with Crippen LogP contribution in [0.15, 0.2) is 23.1 Å². The molecule has 2 atom stereocenters. The second-order valence-electron chi connectivity index (χ2n) is 4.69. The molecule has 0 spiro atoms. The molecule has 3 N–H and O–H groups in total. The molecule has 2 aromatic rings. The predicted octanol–water partition coefficient (Wildman–Crippen LogP) is 0.357.